The zero-order valence-corrected chi connectivity index (χ0v) is 7.46. The van der Waals surface area contributed by atoms with Crippen molar-refractivity contribution in [1.29, 1.82) is 0 Å². The molecular formula is C4HCl3F2O3. The third kappa shape index (κ3) is 4.04. The molecule has 3 nitrogen and oxygen atoms in total. The molecule has 0 aliphatic carbocycles. The first kappa shape index (κ1) is 11.9. The molecule has 0 bridgehead atoms. The summed E-state index contributed by atoms with van der Waals surface area (Å²) in [5.74, 6) is -3.70. The summed E-state index contributed by atoms with van der Waals surface area (Å²) < 4.78 is 23.8. The fourth-order valence-corrected chi connectivity index (χ4v) is 0.309. The molecule has 0 N–H and O–H groups in total. The lowest BCUT2D eigenvalue weighted by atomic mass is 10.7. The van der Waals surface area contributed by atoms with Crippen molar-refractivity contribution >= 4 is 46.7 Å². The summed E-state index contributed by atoms with van der Waals surface area (Å²) in [6, 6.07) is 0. The maximum absolute atomic E-state index is 11.4. The average Bonchev–Trinajstić information content (AvgIpc) is 1.85. The Balaban J connectivity index is 4.12. The molecule has 0 heterocycles. The molecule has 0 aromatic carbocycles. The maximum atomic E-state index is 11.4. The lowest BCUT2D eigenvalue weighted by Gasteiger charge is -2.07. The predicted octanol–water partition coefficient (Wildman–Crippen LogP) is 1.69. The molecule has 0 aliphatic heterocycles. The molecular weight excluding hydrogens is 240 g/mol. The summed E-state index contributed by atoms with van der Waals surface area (Å²) in [4.78, 5) is 20.4. The van der Waals surface area contributed by atoms with Crippen LogP contribution in [0.25, 0.3) is 0 Å². The quantitative estimate of drug-likeness (QED) is 0.399. The van der Waals surface area contributed by atoms with E-state index in [2.05, 4.69) is 4.74 Å². The first-order valence-electron chi connectivity index (χ1n) is 2.36. The average molecular weight is 241 g/mol. The highest BCUT2D eigenvalue weighted by atomic mass is 35.6. The zero-order valence-electron chi connectivity index (χ0n) is 5.19. The Morgan fingerprint density at radius 2 is 1.67 bits per heavy atom. The molecule has 0 radical (unpaired) electrons. The van der Waals surface area contributed by atoms with Crippen LogP contribution in [-0.2, 0) is 14.3 Å². The van der Waals surface area contributed by atoms with Crippen molar-refractivity contribution < 1.29 is 23.1 Å². The molecule has 0 aromatic rings. The number of esters is 2. The second kappa shape index (κ2) is 4.20. The van der Waals surface area contributed by atoms with Crippen molar-refractivity contribution in [2.75, 3.05) is 0 Å². The Bertz CT molecular complexity index is 200. The minimum atomic E-state index is -3.43. The van der Waals surface area contributed by atoms with E-state index in [9.17, 15) is 18.4 Å². The first-order valence-corrected chi connectivity index (χ1v) is 3.49. The SMILES string of the molecule is O=C(OC(=O)C(Cl)(Cl)Cl)C(F)F. The van der Waals surface area contributed by atoms with Gasteiger partial charge in [-0.15, -0.1) is 0 Å². The van der Waals surface area contributed by atoms with Crippen LogP contribution in [0, 0.1) is 0 Å². The number of carbonyl (C=O) groups is 2. The Hall–Kier alpha value is -0.130. The fourth-order valence-electron chi connectivity index (χ4n) is 0.194. The second-order valence-corrected chi connectivity index (χ2v) is 3.79. The third-order valence-corrected chi connectivity index (χ3v) is 1.07. The summed E-state index contributed by atoms with van der Waals surface area (Å²) in [6.07, 6.45) is -3.43. The molecule has 0 atom stereocenters. The first-order chi connectivity index (χ1) is 5.25. The number of ether oxygens (including phenoxy) is 1. The van der Waals surface area contributed by atoms with Crippen molar-refractivity contribution in [3.05, 3.63) is 0 Å². The maximum Gasteiger partial charge on any atom is 0.381 e. The van der Waals surface area contributed by atoms with Crippen molar-refractivity contribution in [3.8, 4) is 0 Å². The van der Waals surface area contributed by atoms with Crippen LogP contribution in [0.15, 0.2) is 0 Å². The van der Waals surface area contributed by atoms with Crippen molar-refractivity contribution in [2.45, 2.75) is 10.2 Å². The van der Waals surface area contributed by atoms with E-state index in [0.717, 1.165) is 0 Å². The topological polar surface area (TPSA) is 43.4 Å². The van der Waals surface area contributed by atoms with Gasteiger partial charge in [-0.2, -0.15) is 8.78 Å². The van der Waals surface area contributed by atoms with Gasteiger partial charge in [0.2, 0.25) is 0 Å². The van der Waals surface area contributed by atoms with E-state index in [1.807, 2.05) is 0 Å². The molecule has 0 amide bonds. The largest absolute Gasteiger partial charge is 0.386 e. The number of rotatable bonds is 1. The van der Waals surface area contributed by atoms with Gasteiger partial charge in [0.1, 0.15) is 0 Å². The molecule has 0 aromatic heterocycles. The van der Waals surface area contributed by atoms with Crippen molar-refractivity contribution in [3.63, 3.8) is 0 Å². The summed E-state index contributed by atoms with van der Waals surface area (Å²) in [7, 11) is 0. The molecule has 0 rings (SSSR count). The highest BCUT2D eigenvalue weighted by Crippen LogP contribution is 2.27. The molecule has 12 heavy (non-hydrogen) atoms. The summed E-state index contributed by atoms with van der Waals surface area (Å²) in [5, 5.41) is 0. The van der Waals surface area contributed by atoms with E-state index in [-0.39, 0.29) is 0 Å². The van der Waals surface area contributed by atoms with Gasteiger partial charge < -0.3 is 4.74 Å². The number of alkyl halides is 5. The van der Waals surface area contributed by atoms with Gasteiger partial charge in [-0.05, 0) is 0 Å². The smallest absolute Gasteiger partial charge is 0.381 e. The normalized spacial score (nSPS) is 11.5. The van der Waals surface area contributed by atoms with Crippen LogP contribution >= 0.6 is 34.8 Å². The number of carbonyl (C=O) groups excluding carboxylic acids is 2. The van der Waals surface area contributed by atoms with Gasteiger partial charge >= 0.3 is 18.4 Å². The standard InChI is InChI=1S/C4HCl3F2O3/c5-4(6,7)3(11)12-2(10)1(8)9/h1H. The van der Waals surface area contributed by atoms with Crippen LogP contribution in [-0.4, -0.2) is 22.2 Å². The van der Waals surface area contributed by atoms with Gasteiger partial charge in [0.15, 0.2) is 0 Å². The lowest BCUT2D eigenvalue weighted by Crippen LogP contribution is -2.28. The number of hydrogen-bond acceptors (Lipinski definition) is 3. The molecule has 70 valence electrons. The molecule has 0 spiro atoms. The lowest BCUT2D eigenvalue weighted by molar-refractivity contribution is -0.167. The van der Waals surface area contributed by atoms with Gasteiger partial charge in [-0.1, -0.05) is 34.8 Å². The Labute approximate surface area is 80.5 Å². The minimum absolute atomic E-state index is 1.65. The Morgan fingerprint density at radius 1 is 1.25 bits per heavy atom. The van der Waals surface area contributed by atoms with Gasteiger partial charge in [-0.25, -0.2) is 9.59 Å². The van der Waals surface area contributed by atoms with Crippen LogP contribution in [0.3, 0.4) is 0 Å². The van der Waals surface area contributed by atoms with Crippen LogP contribution in [0.4, 0.5) is 8.78 Å². The van der Waals surface area contributed by atoms with Crippen molar-refractivity contribution in [1.82, 2.24) is 0 Å². The Kier molecular flexibility index (Phi) is 4.16. The summed E-state index contributed by atoms with van der Waals surface area (Å²) in [5.41, 5.74) is 0. The summed E-state index contributed by atoms with van der Waals surface area (Å²) >= 11 is 14.7. The zero-order chi connectivity index (χ0) is 9.94. The van der Waals surface area contributed by atoms with E-state index in [4.69, 9.17) is 34.8 Å². The van der Waals surface area contributed by atoms with Crippen molar-refractivity contribution in [2.24, 2.45) is 0 Å². The Morgan fingerprint density at radius 3 is 1.92 bits per heavy atom. The number of hydrogen-bond donors (Lipinski definition) is 0. The van der Waals surface area contributed by atoms with E-state index >= 15 is 0 Å². The van der Waals surface area contributed by atoms with Gasteiger partial charge in [0.25, 0.3) is 3.79 Å². The van der Waals surface area contributed by atoms with Crippen LogP contribution in [0.2, 0.25) is 0 Å². The molecule has 8 heteroatoms. The molecule has 0 saturated carbocycles. The highest BCUT2D eigenvalue weighted by Gasteiger charge is 2.36. The molecule has 0 aliphatic rings. The van der Waals surface area contributed by atoms with Crippen LogP contribution < -0.4 is 0 Å². The third-order valence-electron chi connectivity index (χ3n) is 0.603. The minimum Gasteiger partial charge on any atom is -0.386 e. The monoisotopic (exact) mass is 240 g/mol. The second-order valence-electron chi connectivity index (χ2n) is 1.51. The van der Waals surface area contributed by atoms with E-state index in [1.165, 1.54) is 0 Å². The molecule has 0 unspecified atom stereocenters. The predicted molar refractivity (Wildman–Crippen MR) is 37.4 cm³/mol. The fraction of sp³-hybridized carbons (Fsp3) is 0.500. The van der Waals surface area contributed by atoms with Crippen LogP contribution in [0.5, 0.6) is 0 Å². The van der Waals surface area contributed by atoms with E-state index < -0.39 is 22.2 Å². The van der Waals surface area contributed by atoms with Gasteiger partial charge in [0, 0.05) is 0 Å². The molecule has 0 saturated heterocycles. The van der Waals surface area contributed by atoms with Gasteiger partial charge in [0.05, 0.1) is 0 Å². The van der Waals surface area contributed by atoms with Gasteiger partial charge in [-0.3, -0.25) is 0 Å². The molecule has 0 fully saturated rings. The summed E-state index contributed by atoms with van der Waals surface area (Å²) in [6.45, 7) is 0. The number of halogens is 5. The van der Waals surface area contributed by atoms with Crippen LogP contribution in [0.1, 0.15) is 0 Å². The highest BCUT2D eigenvalue weighted by molar-refractivity contribution is 6.75. The van der Waals surface area contributed by atoms with E-state index in [0.29, 0.717) is 0 Å². The van der Waals surface area contributed by atoms with E-state index in [1.54, 1.807) is 0 Å².